The molecule has 1 aliphatic heterocycles. The second-order valence-electron chi connectivity index (χ2n) is 7.21. The molecule has 0 aliphatic carbocycles. The van der Waals surface area contributed by atoms with Crippen LogP contribution in [-0.2, 0) is 16.6 Å². The summed E-state index contributed by atoms with van der Waals surface area (Å²) >= 11 is 0. The van der Waals surface area contributed by atoms with Crippen molar-refractivity contribution in [2.45, 2.75) is 43.7 Å². The van der Waals surface area contributed by atoms with Crippen molar-refractivity contribution < 1.29 is 17.6 Å². The molecule has 29 heavy (non-hydrogen) atoms. The van der Waals surface area contributed by atoms with Crippen LogP contribution in [0, 0.1) is 5.82 Å². The van der Waals surface area contributed by atoms with Crippen molar-refractivity contribution in [1.82, 2.24) is 14.9 Å². The number of rotatable bonds is 6. The smallest absolute Gasteiger partial charge is 0.315 e. The summed E-state index contributed by atoms with van der Waals surface area (Å²) in [5.74, 6) is -0.323. The Balaban J connectivity index is 1.53. The highest BCUT2D eigenvalue weighted by Gasteiger charge is 2.25. The van der Waals surface area contributed by atoms with Gasteiger partial charge in [0.2, 0.25) is 10.0 Å². The number of piperidine rings is 1. The van der Waals surface area contributed by atoms with E-state index in [9.17, 15) is 17.6 Å². The third kappa shape index (κ3) is 5.55. The number of nitrogens with one attached hydrogen (secondary N) is 2. The van der Waals surface area contributed by atoms with Gasteiger partial charge in [-0.05, 0) is 55.2 Å². The standard InChI is InChI=1S/C21H26FN3O3S/c1-16(18-7-9-19(22)10-8-18)24-21(26)23-15-17-5-11-20(12-6-17)29(27,28)25-13-3-2-4-14-25/h5-12,16H,2-4,13-15H2,1H3,(H2,23,24,26). The van der Waals surface area contributed by atoms with Crippen LogP contribution in [0.25, 0.3) is 0 Å². The number of urea groups is 1. The molecule has 8 heteroatoms. The number of nitrogens with zero attached hydrogens (tertiary/aromatic N) is 1. The average molecular weight is 420 g/mol. The maximum atomic E-state index is 13.0. The zero-order valence-corrected chi connectivity index (χ0v) is 17.2. The Morgan fingerprint density at radius 2 is 1.66 bits per heavy atom. The molecule has 0 saturated carbocycles. The van der Waals surface area contributed by atoms with Crippen LogP contribution in [-0.4, -0.2) is 31.8 Å². The predicted octanol–water partition coefficient (Wildman–Crippen LogP) is 3.56. The molecule has 2 aromatic carbocycles. The molecule has 0 radical (unpaired) electrons. The molecule has 1 saturated heterocycles. The zero-order valence-electron chi connectivity index (χ0n) is 16.4. The van der Waals surface area contributed by atoms with Crippen LogP contribution < -0.4 is 10.6 Å². The molecule has 0 aromatic heterocycles. The van der Waals surface area contributed by atoms with E-state index in [0.29, 0.717) is 13.1 Å². The number of amides is 2. The molecule has 0 bridgehead atoms. The maximum Gasteiger partial charge on any atom is 0.315 e. The largest absolute Gasteiger partial charge is 0.334 e. The van der Waals surface area contributed by atoms with E-state index in [1.807, 2.05) is 6.92 Å². The van der Waals surface area contributed by atoms with E-state index in [2.05, 4.69) is 10.6 Å². The fraction of sp³-hybridized carbons (Fsp3) is 0.381. The zero-order chi connectivity index (χ0) is 20.9. The summed E-state index contributed by atoms with van der Waals surface area (Å²) in [6, 6.07) is 11.9. The molecule has 6 nitrogen and oxygen atoms in total. The van der Waals surface area contributed by atoms with Crippen LogP contribution in [0.15, 0.2) is 53.4 Å². The van der Waals surface area contributed by atoms with Crippen molar-refractivity contribution in [2.24, 2.45) is 0 Å². The van der Waals surface area contributed by atoms with Gasteiger partial charge in [0.1, 0.15) is 5.82 Å². The lowest BCUT2D eigenvalue weighted by Crippen LogP contribution is -2.36. The first-order valence-electron chi connectivity index (χ1n) is 9.75. The monoisotopic (exact) mass is 419 g/mol. The van der Waals surface area contributed by atoms with E-state index in [-0.39, 0.29) is 29.3 Å². The lowest BCUT2D eigenvalue weighted by atomic mass is 10.1. The van der Waals surface area contributed by atoms with Crippen molar-refractivity contribution in [3.63, 3.8) is 0 Å². The number of halogens is 1. The highest BCUT2D eigenvalue weighted by atomic mass is 32.2. The summed E-state index contributed by atoms with van der Waals surface area (Å²) in [4.78, 5) is 12.4. The molecule has 1 aliphatic rings. The van der Waals surface area contributed by atoms with Gasteiger partial charge in [-0.25, -0.2) is 17.6 Å². The molecule has 1 unspecified atom stereocenters. The molecule has 156 valence electrons. The van der Waals surface area contributed by atoms with Gasteiger partial charge in [0.05, 0.1) is 10.9 Å². The summed E-state index contributed by atoms with van der Waals surface area (Å²) in [5.41, 5.74) is 1.60. The van der Waals surface area contributed by atoms with Crippen LogP contribution >= 0.6 is 0 Å². The van der Waals surface area contributed by atoms with Gasteiger partial charge in [-0.2, -0.15) is 4.31 Å². The van der Waals surface area contributed by atoms with E-state index in [1.54, 1.807) is 36.4 Å². The number of sulfonamides is 1. The molecule has 1 atom stereocenters. The molecule has 2 aromatic rings. The third-order valence-corrected chi connectivity index (χ3v) is 6.96. The van der Waals surface area contributed by atoms with Crippen LogP contribution in [0.3, 0.4) is 0 Å². The van der Waals surface area contributed by atoms with Crippen molar-refractivity contribution in [3.05, 3.63) is 65.5 Å². The van der Waals surface area contributed by atoms with Gasteiger partial charge in [-0.3, -0.25) is 0 Å². The Morgan fingerprint density at radius 1 is 1.03 bits per heavy atom. The normalized spacial score (nSPS) is 16.2. The first kappa shape index (κ1) is 21.3. The summed E-state index contributed by atoms with van der Waals surface area (Å²) in [7, 11) is -3.45. The van der Waals surface area contributed by atoms with Crippen LogP contribution in [0.4, 0.5) is 9.18 Å². The lowest BCUT2D eigenvalue weighted by Gasteiger charge is -2.25. The maximum absolute atomic E-state index is 13.0. The minimum absolute atomic E-state index is 0.270. The Morgan fingerprint density at radius 3 is 2.28 bits per heavy atom. The topological polar surface area (TPSA) is 78.5 Å². The number of hydrogen-bond acceptors (Lipinski definition) is 3. The number of carbonyl (C=O) groups is 1. The van der Waals surface area contributed by atoms with Crippen LogP contribution in [0.1, 0.15) is 43.4 Å². The van der Waals surface area contributed by atoms with Gasteiger partial charge in [0.25, 0.3) is 0 Å². The fourth-order valence-electron chi connectivity index (χ4n) is 3.30. The minimum atomic E-state index is -3.45. The van der Waals surface area contributed by atoms with Crippen molar-refractivity contribution >= 4 is 16.1 Å². The van der Waals surface area contributed by atoms with E-state index >= 15 is 0 Å². The van der Waals surface area contributed by atoms with E-state index < -0.39 is 10.0 Å². The van der Waals surface area contributed by atoms with Gasteiger partial charge in [-0.15, -0.1) is 0 Å². The Kier molecular flexibility index (Phi) is 6.87. The van der Waals surface area contributed by atoms with Gasteiger partial charge in [-0.1, -0.05) is 30.7 Å². The number of carbonyl (C=O) groups excluding carboxylic acids is 1. The number of benzene rings is 2. The highest BCUT2D eigenvalue weighted by molar-refractivity contribution is 7.89. The van der Waals surface area contributed by atoms with E-state index in [0.717, 1.165) is 30.4 Å². The Labute approximate surface area is 171 Å². The molecule has 2 amide bonds. The Hall–Kier alpha value is -2.45. The summed E-state index contributed by atoms with van der Waals surface area (Å²) in [6.45, 7) is 3.22. The van der Waals surface area contributed by atoms with Crippen LogP contribution in [0.2, 0.25) is 0 Å². The molecular weight excluding hydrogens is 393 g/mol. The van der Waals surface area contributed by atoms with E-state index in [4.69, 9.17) is 0 Å². The summed E-state index contributed by atoms with van der Waals surface area (Å²) in [6.07, 6.45) is 2.86. The van der Waals surface area contributed by atoms with Gasteiger partial charge in [0.15, 0.2) is 0 Å². The fourth-order valence-corrected chi connectivity index (χ4v) is 4.82. The molecule has 1 fully saturated rings. The van der Waals surface area contributed by atoms with Gasteiger partial charge < -0.3 is 10.6 Å². The molecule has 0 spiro atoms. The second kappa shape index (κ2) is 9.37. The average Bonchev–Trinajstić information content (AvgIpc) is 2.73. The van der Waals surface area contributed by atoms with Gasteiger partial charge >= 0.3 is 6.03 Å². The van der Waals surface area contributed by atoms with Crippen LogP contribution in [0.5, 0.6) is 0 Å². The summed E-state index contributed by atoms with van der Waals surface area (Å²) < 4.78 is 39.9. The predicted molar refractivity (Wildman–Crippen MR) is 109 cm³/mol. The highest BCUT2D eigenvalue weighted by Crippen LogP contribution is 2.21. The molecular formula is C21H26FN3O3S. The number of hydrogen-bond donors (Lipinski definition) is 2. The van der Waals surface area contributed by atoms with Gasteiger partial charge in [0, 0.05) is 19.6 Å². The minimum Gasteiger partial charge on any atom is -0.334 e. The van der Waals surface area contributed by atoms with Crippen molar-refractivity contribution in [3.8, 4) is 0 Å². The van der Waals surface area contributed by atoms with Crippen molar-refractivity contribution in [1.29, 1.82) is 0 Å². The van der Waals surface area contributed by atoms with Crippen molar-refractivity contribution in [2.75, 3.05) is 13.1 Å². The lowest BCUT2D eigenvalue weighted by molar-refractivity contribution is 0.237. The first-order chi connectivity index (χ1) is 13.9. The Bertz CT molecular complexity index is 925. The second-order valence-corrected chi connectivity index (χ2v) is 9.15. The SMILES string of the molecule is CC(NC(=O)NCc1ccc(S(=O)(=O)N2CCCCC2)cc1)c1ccc(F)cc1. The quantitative estimate of drug-likeness (QED) is 0.751. The van der Waals surface area contributed by atoms with E-state index in [1.165, 1.54) is 16.4 Å². The summed E-state index contributed by atoms with van der Waals surface area (Å²) in [5, 5.41) is 5.54. The molecule has 3 rings (SSSR count). The molecule has 2 N–H and O–H groups in total. The third-order valence-electron chi connectivity index (χ3n) is 5.05. The first-order valence-corrected chi connectivity index (χ1v) is 11.2. The molecule has 1 heterocycles.